The molecule has 2 aliphatic heterocycles. The molecular formula is C22H27ClN4O. The van der Waals surface area contributed by atoms with Crippen molar-refractivity contribution >= 4 is 28.9 Å². The van der Waals surface area contributed by atoms with Crippen LogP contribution in [0.4, 0.5) is 11.4 Å². The number of benzene rings is 2. The molecule has 2 aromatic carbocycles. The van der Waals surface area contributed by atoms with Crippen LogP contribution in [0.3, 0.4) is 0 Å². The van der Waals surface area contributed by atoms with Gasteiger partial charge in [0.15, 0.2) is 0 Å². The predicted octanol–water partition coefficient (Wildman–Crippen LogP) is 2.94. The van der Waals surface area contributed by atoms with Crippen LogP contribution >= 0.6 is 11.6 Å². The van der Waals surface area contributed by atoms with Crippen molar-refractivity contribution in [3.8, 4) is 0 Å². The molecular weight excluding hydrogens is 372 g/mol. The summed E-state index contributed by atoms with van der Waals surface area (Å²) < 4.78 is 0. The standard InChI is InChI=1S/C22H27ClN4O/c1-24-9-11-25(12-10-24)17-22(28)27-14-13-26(20-7-2-3-8-21(20)27)16-18-5-4-6-19(23)15-18/h2-8,15H,9-14,16-17H2,1H3. The van der Waals surface area contributed by atoms with Crippen LogP contribution in [-0.2, 0) is 11.3 Å². The molecule has 1 amide bonds. The van der Waals surface area contributed by atoms with Gasteiger partial charge in [0.2, 0.25) is 5.91 Å². The predicted molar refractivity (Wildman–Crippen MR) is 115 cm³/mol. The second kappa shape index (κ2) is 8.52. The summed E-state index contributed by atoms with van der Waals surface area (Å²) in [4.78, 5) is 21.9. The van der Waals surface area contributed by atoms with Gasteiger partial charge in [0, 0.05) is 50.8 Å². The summed E-state index contributed by atoms with van der Waals surface area (Å²) in [5, 5.41) is 0.756. The number of nitrogens with zero attached hydrogens (tertiary/aromatic N) is 4. The maximum Gasteiger partial charge on any atom is 0.241 e. The van der Waals surface area contributed by atoms with Crippen LogP contribution in [0.5, 0.6) is 0 Å². The average molecular weight is 399 g/mol. The SMILES string of the molecule is CN1CCN(CC(=O)N2CCN(Cc3cccc(Cl)c3)c3ccccc32)CC1. The van der Waals surface area contributed by atoms with Crippen LogP contribution in [0.2, 0.25) is 5.02 Å². The van der Waals surface area contributed by atoms with Gasteiger partial charge in [0.05, 0.1) is 17.9 Å². The van der Waals surface area contributed by atoms with E-state index in [1.165, 1.54) is 5.56 Å². The quantitative estimate of drug-likeness (QED) is 0.792. The lowest BCUT2D eigenvalue weighted by Crippen LogP contribution is -2.51. The summed E-state index contributed by atoms with van der Waals surface area (Å²) >= 11 is 6.15. The second-order valence-electron chi connectivity index (χ2n) is 7.66. The number of para-hydroxylation sites is 2. The Morgan fingerprint density at radius 2 is 1.68 bits per heavy atom. The van der Waals surface area contributed by atoms with E-state index in [1.807, 2.05) is 35.2 Å². The van der Waals surface area contributed by atoms with Crippen molar-refractivity contribution in [2.24, 2.45) is 0 Å². The number of carbonyl (C=O) groups excluding carboxylic acids is 1. The maximum atomic E-state index is 13.1. The minimum absolute atomic E-state index is 0.194. The van der Waals surface area contributed by atoms with Crippen LogP contribution < -0.4 is 9.80 Å². The fourth-order valence-corrected chi connectivity index (χ4v) is 4.20. The largest absolute Gasteiger partial charge is 0.364 e. The molecule has 0 bridgehead atoms. The first-order valence-electron chi connectivity index (χ1n) is 9.90. The summed E-state index contributed by atoms with van der Waals surface area (Å²) in [7, 11) is 2.13. The second-order valence-corrected chi connectivity index (χ2v) is 8.10. The number of hydrogen-bond donors (Lipinski definition) is 0. The van der Waals surface area contributed by atoms with Crippen molar-refractivity contribution in [2.75, 3.05) is 62.7 Å². The van der Waals surface area contributed by atoms with Gasteiger partial charge in [-0.15, -0.1) is 0 Å². The van der Waals surface area contributed by atoms with E-state index in [9.17, 15) is 4.79 Å². The molecule has 0 N–H and O–H groups in total. The number of likely N-dealkylation sites (N-methyl/N-ethyl adjacent to an activating group) is 1. The van der Waals surface area contributed by atoms with E-state index >= 15 is 0 Å². The van der Waals surface area contributed by atoms with Crippen LogP contribution in [0.15, 0.2) is 48.5 Å². The van der Waals surface area contributed by atoms with Crippen LogP contribution in [0.1, 0.15) is 5.56 Å². The number of rotatable bonds is 4. The van der Waals surface area contributed by atoms with E-state index in [0.29, 0.717) is 13.1 Å². The van der Waals surface area contributed by atoms with Gasteiger partial charge in [-0.1, -0.05) is 35.9 Å². The van der Waals surface area contributed by atoms with Crippen molar-refractivity contribution < 1.29 is 4.79 Å². The highest BCUT2D eigenvalue weighted by molar-refractivity contribution is 6.30. The first kappa shape index (κ1) is 19.2. The van der Waals surface area contributed by atoms with Crippen molar-refractivity contribution in [3.05, 3.63) is 59.1 Å². The van der Waals surface area contributed by atoms with E-state index in [2.05, 4.69) is 39.9 Å². The third-order valence-electron chi connectivity index (χ3n) is 5.63. The lowest BCUT2D eigenvalue weighted by atomic mass is 10.1. The first-order valence-corrected chi connectivity index (χ1v) is 10.3. The first-order chi connectivity index (χ1) is 13.6. The molecule has 0 unspecified atom stereocenters. The molecule has 0 atom stereocenters. The molecule has 2 aromatic rings. The highest BCUT2D eigenvalue weighted by Crippen LogP contribution is 2.34. The Hall–Kier alpha value is -2.08. The Morgan fingerprint density at radius 3 is 2.43 bits per heavy atom. The molecule has 5 nitrogen and oxygen atoms in total. The third-order valence-corrected chi connectivity index (χ3v) is 5.86. The Kier molecular flexibility index (Phi) is 5.85. The third kappa shape index (κ3) is 4.32. The fraction of sp³-hybridized carbons (Fsp3) is 0.409. The van der Waals surface area contributed by atoms with Gasteiger partial charge < -0.3 is 14.7 Å². The molecule has 0 radical (unpaired) electrons. The molecule has 0 aromatic heterocycles. The number of halogens is 1. The van der Waals surface area contributed by atoms with Crippen molar-refractivity contribution in [1.82, 2.24) is 9.80 Å². The number of amides is 1. The molecule has 6 heteroatoms. The van der Waals surface area contributed by atoms with Gasteiger partial charge in [0.1, 0.15) is 0 Å². The van der Waals surface area contributed by atoms with Crippen molar-refractivity contribution in [2.45, 2.75) is 6.54 Å². The summed E-state index contributed by atoms with van der Waals surface area (Å²) in [6.45, 7) is 6.78. The smallest absolute Gasteiger partial charge is 0.241 e. The monoisotopic (exact) mass is 398 g/mol. The Bertz CT molecular complexity index is 835. The zero-order valence-corrected chi connectivity index (χ0v) is 17.1. The lowest BCUT2D eigenvalue weighted by Gasteiger charge is -2.39. The highest BCUT2D eigenvalue weighted by atomic mass is 35.5. The van der Waals surface area contributed by atoms with E-state index in [-0.39, 0.29) is 5.91 Å². The summed E-state index contributed by atoms with van der Waals surface area (Å²) in [6, 6.07) is 16.2. The minimum Gasteiger partial charge on any atom is -0.364 e. The molecule has 28 heavy (non-hydrogen) atoms. The summed E-state index contributed by atoms with van der Waals surface area (Å²) in [5.41, 5.74) is 3.30. The zero-order chi connectivity index (χ0) is 19.5. The number of anilines is 2. The number of carbonyl (C=O) groups is 1. The normalized spacial score (nSPS) is 18.2. The average Bonchev–Trinajstić information content (AvgIpc) is 2.70. The van der Waals surface area contributed by atoms with Crippen LogP contribution in [0, 0.1) is 0 Å². The van der Waals surface area contributed by atoms with Crippen molar-refractivity contribution in [3.63, 3.8) is 0 Å². The fourth-order valence-electron chi connectivity index (χ4n) is 3.98. The molecule has 2 heterocycles. The topological polar surface area (TPSA) is 30.0 Å². The van der Waals surface area contributed by atoms with E-state index in [4.69, 9.17) is 11.6 Å². The van der Waals surface area contributed by atoms with Crippen molar-refractivity contribution in [1.29, 1.82) is 0 Å². The van der Waals surface area contributed by atoms with Crippen LogP contribution in [-0.4, -0.2) is 68.6 Å². The maximum absolute atomic E-state index is 13.1. The molecule has 2 aliphatic rings. The highest BCUT2D eigenvalue weighted by Gasteiger charge is 2.28. The van der Waals surface area contributed by atoms with Gasteiger partial charge in [0.25, 0.3) is 0 Å². The van der Waals surface area contributed by atoms with E-state index in [0.717, 1.165) is 55.7 Å². The Labute approximate surface area is 172 Å². The summed E-state index contributed by atoms with van der Waals surface area (Å²) in [5.74, 6) is 0.194. The molecule has 1 fully saturated rings. The lowest BCUT2D eigenvalue weighted by molar-refractivity contribution is -0.120. The molecule has 1 saturated heterocycles. The zero-order valence-electron chi connectivity index (χ0n) is 16.4. The Morgan fingerprint density at radius 1 is 0.929 bits per heavy atom. The van der Waals surface area contributed by atoms with E-state index < -0.39 is 0 Å². The van der Waals surface area contributed by atoms with Gasteiger partial charge in [-0.2, -0.15) is 0 Å². The molecule has 0 saturated carbocycles. The molecule has 0 spiro atoms. The summed E-state index contributed by atoms with van der Waals surface area (Å²) in [6.07, 6.45) is 0. The Balaban J connectivity index is 1.48. The van der Waals surface area contributed by atoms with Gasteiger partial charge in [-0.25, -0.2) is 0 Å². The minimum atomic E-state index is 0.194. The molecule has 4 rings (SSSR count). The van der Waals surface area contributed by atoms with Crippen LogP contribution in [0.25, 0.3) is 0 Å². The van der Waals surface area contributed by atoms with Gasteiger partial charge >= 0.3 is 0 Å². The van der Waals surface area contributed by atoms with E-state index in [1.54, 1.807) is 0 Å². The van der Waals surface area contributed by atoms with Gasteiger partial charge in [-0.3, -0.25) is 9.69 Å². The molecule has 0 aliphatic carbocycles. The number of hydrogen-bond acceptors (Lipinski definition) is 4. The number of fused-ring (bicyclic) bond motifs is 1. The van der Waals surface area contributed by atoms with Gasteiger partial charge in [-0.05, 0) is 36.9 Å². The number of piperazine rings is 1. The molecule has 148 valence electrons.